The van der Waals surface area contributed by atoms with Crippen molar-refractivity contribution in [3.63, 3.8) is 0 Å². The van der Waals surface area contributed by atoms with Gasteiger partial charge in [0, 0.05) is 18.5 Å². The van der Waals surface area contributed by atoms with Gasteiger partial charge in [0.15, 0.2) is 5.82 Å². The van der Waals surface area contributed by atoms with E-state index in [1.165, 1.54) is 21.1 Å². The highest BCUT2D eigenvalue weighted by Crippen LogP contribution is 2.27. The molecule has 0 amide bonds. The smallest absolute Gasteiger partial charge is 0.335 e. The molecule has 9 nitrogen and oxygen atoms in total. The summed E-state index contributed by atoms with van der Waals surface area (Å²) in [5.41, 5.74) is 6.77. The fraction of sp³-hybridized carbons (Fsp3) is 0.222. The Morgan fingerprint density at radius 2 is 1.86 bits per heavy atom. The molecule has 0 bridgehead atoms. The minimum Gasteiger partial charge on any atom is -0.478 e. The molecule has 1 saturated heterocycles. The van der Waals surface area contributed by atoms with E-state index in [0.29, 0.717) is 29.8 Å². The molecule has 2 aromatic carbocycles. The van der Waals surface area contributed by atoms with Crippen LogP contribution < -0.4 is 5.73 Å². The standard InChI is InChI=1S/C18H18N4O5S/c19-17-15-3-1-2-4-16(15)22(20-17)13-9-12(18(23)24)10-14(11-13)28(25,26)21-5-7-27-8-6-21/h1-4,9-11H,5-8H2,(H2,19,20)(H,23,24). The number of carboxylic acid groups (broad SMARTS) is 1. The monoisotopic (exact) mass is 402 g/mol. The maximum atomic E-state index is 13.0. The summed E-state index contributed by atoms with van der Waals surface area (Å²) in [5, 5.41) is 14.5. The van der Waals surface area contributed by atoms with Crippen LogP contribution in [-0.2, 0) is 14.8 Å². The minimum absolute atomic E-state index is 0.109. The molecule has 2 heterocycles. The third-order valence-electron chi connectivity index (χ3n) is 4.61. The van der Waals surface area contributed by atoms with Crippen LogP contribution in [0.3, 0.4) is 0 Å². The number of nitrogen functional groups attached to an aromatic ring is 1. The highest BCUT2D eigenvalue weighted by molar-refractivity contribution is 7.89. The molecule has 3 N–H and O–H groups in total. The van der Waals surface area contributed by atoms with Crippen molar-refractivity contribution in [3.05, 3.63) is 48.0 Å². The van der Waals surface area contributed by atoms with Gasteiger partial charge >= 0.3 is 5.97 Å². The lowest BCUT2D eigenvalue weighted by molar-refractivity contribution is 0.0696. The number of fused-ring (bicyclic) bond motifs is 1. The molecule has 0 aliphatic carbocycles. The maximum absolute atomic E-state index is 13.0. The number of nitrogens with zero attached hydrogens (tertiary/aromatic N) is 3. The van der Waals surface area contributed by atoms with Gasteiger partial charge in [-0.05, 0) is 30.3 Å². The minimum atomic E-state index is -3.88. The average molecular weight is 402 g/mol. The van der Waals surface area contributed by atoms with Gasteiger partial charge in [0.25, 0.3) is 0 Å². The average Bonchev–Trinajstić information content (AvgIpc) is 3.05. The van der Waals surface area contributed by atoms with Gasteiger partial charge in [-0.3, -0.25) is 0 Å². The summed E-state index contributed by atoms with van der Waals surface area (Å²) in [4.78, 5) is 11.5. The Morgan fingerprint density at radius 1 is 1.14 bits per heavy atom. The highest BCUT2D eigenvalue weighted by Gasteiger charge is 2.28. The predicted molar refractivity (Wildman–Crippen MR) is 102 cm³/mol. The van der Waals surface area contributed by atoms with E-state index in [4.69, 9.17) is 10.5 Å². The summed E-state index contributed by atoms with van der Waals surface area (Å²) < 4.78 is 34.0. The molecule has 3 aromatic rings. The zero-order valence-corrected chi connectivity index (χ0v) is 15.6. The van der Waals surface area contributed by atoms with Crippen molar-refractivity contribution in [1.82, 2.24) is 14.1 Å². The van der Waals surface area contributed by atoms with Crippen molar-refractivity contribution >= 4 is 32.7 Å². The first-order chi connectivity index (χ1) is 13.4. The zero-order chi connectivity index (χ0) is 19.9. The number of anilines is 1. The van der Waals surface area contributed by atoms with Crippen LogP contribution >= 0.6 is 0 Å². The number of morpholine rings is 1. The molecule has 0 spiro atoms. The Bertz CT molecular complexity index is 1170. The third kappa shape index (κ3) is 3.11. The Kier molecular flexibility index (Phi) is 4.53. The van der Waals surface area contributed by atoms with Gasteiger partial charge in [-0.25, -0.2) is 17.9 Å². The quantitative estimate of drug-likeness (QED) is 0.674. The van der Waals surface area contributed by atoms with Crippen LogP contribution in [0, 0.1) is 0 Å². The number of hydrogen-bond donors (Lipinski definition) is 2. The van der Waals surface area contributed by atoms with Crippen molar-refractivity contribution in [3.8, 4) is 5.69 Å². The molecule has 1 fully saturated rings. The van der Waals surface area contributed by atoms with E-state index in [2.05, 4.69) is 5.10 Å². The van der Waals surface area contributed by atoms with Gasteiger partial charge in [-0.2, -0.15) is 4.31 Å². The summed E-state index contributed by atoms with van der Waals surface area (Å²) in [6, 6.07) is 11.1. The van der Waals surface area contributed by atoms with E-state index in [-0.39, 0.29) is 29.4 Å². The molecular weight excluding hydrogens is 384 g/mol. The zero-order valence-electron chi connectivity index (χ0n) is 14.8. The maximum Gasteiger partial charge on any atom is 0.335 e. The lowest BCUT2D eigenvalue weighted by atomic mass is 10.2. The topological polar surface area (TPSA) is 128 Å². The van der Waals surface area contributed by atoms with Crippen molar-refractivity contribution < 1.29 is 23.1 Å². The van der Waals surface area contributed by atoms with Crippen LogP contribution in [0.2, 0.25) is 0 Å². The second-order valence-electron chi connectivity index (χ2n) is 6.35. The van der Waals surface area contributed by atoms with Gasteiger partial charge < -0.3 is 15.6 Å². The number of hydrogen-bond acceptors (Lipinski definition) is 6. The Hall–Kier alpha value is -2.95. The Labute approximate surface area is 161 Å². The molecule has 1 aliphatic rings. The third-order valence-corrected chi connectivity index (χ3v) is 6.48. The summed E-state index contributed by atoms with van der Waals surface area (Å²) in [7, 11) is -3.88. The number of nitrogens with two attached hydrogens (primary N) is 1. The SMILES string of the molecule is Nc1nn(-c2cc(C(=O)O)cc(S(=O)(=O)N3CCOCC3)c2)c2ccccc12. The fourth-order valence-electron chi connectivity index (χ4n) is 3.20. The Balaban J connectivity index is 1.90. The van der Waals surface area contributed by atoms with Gasteiger partial charge in [-0.1, -0.05) is 12.1 Å². The van der Waals surface area contributed by atoms with Crippen LogP contribution in [0.15, 0.2) is 47.4 Å². The van der Waals surface area contributed by atoms with Gasteiger partial charge in [0.2, 0.25) is 10.0 Å². The summed E-state index contributed by atoms with van der Waals surface area (Å²) >= 11 is 0. The van der Waals surface area contributed by atoms with E-state index in [9.17, 15) is 18.3 Å². The molecule has 10 heteroatoms. The summed E-state index contributed by atoms with van der Waals surface area (Å²) in [6.45, 7) is 1.02. The molecule has 1 aliphatic heterocycles. The first kappa shape index (κ1) is 18.4. The van der Waals surface area contributed by atoms with E-state index in [1.54, 1.807) is 18.2 Å². The predicted octanol–water partition coefficient (Wildman–Crippen LogP) is 1.33. The summed E-state index contributed by atoms with van der Waals surface area (Å²) in [6.07, 6.45) is 0. The normalized spacial score (nSPS) is 15.7. The lowest BCUT2D eigenvalue weighted by Crippen LogP contribution is -2.40. The second-order valence-corrected chi connectivity index (χ2v) is 8.29. The largest absolute Gasteiger partial charge is 0.478 e. The number of carboxylic acids is 1. The van der Waals surface area contributed by atoms with Crippen molar-refractivity contribution in [2.45, 2.75) is 4.90 Å². The van der Waals surface area contributed by atoms with E-state index in [1.807, 2.05) is 6.07 Å². The molecule has 0 unspecified atom stereocenters. The molecule has 28 heavy (non-hydrogen) atoms. The number of benzene rings is 2. The first-order valence-corrected chi connectivity index (χ1v) is 10.0. The number of para-hydroxylation sites is 1. The van der Waals surface area contributed by atoms with E-state index in [0.717, 1.165) is 6.07 Å². The van der Waals surface area contributed by atoms with Gasteiger partial charge in [0.05, 0.1) is 34.9 Å². The second kappa shape index (κ2) is 6.89. The number of aromatic carboxylic acids is 1. The number of carbonyl (C=O) groups is 1. The molecule has 0 saturated carbocycles. The van der Waals surface area contributed by atoms with E-state index >= 15 is 0 Å². The van der Waals surface area contributed by atoms with Crippen LogP contribution in [0.5, 0.6) is 0 Å². The van der Waals surface area contributed by atoms with Crippen molar-refractivity contribution in [1.29, 1.82) is 0 Å². The molecule has 0 radical (unpaired) electrons. The first-order valence-electron chi connectivity index (χ1n) is 8.58. The van der Waals surface area contributed by atoms with Crippen LogP contribution in [0.4, 0.5) is 5.82 Å². The molecule has 0 atom stereocenters. The number of ether oxygens (including phenoxy) is 1. The van der Waals surface area contributed by atoms with Crippen LogP contribution in [-0.4, -0.2) is 59.9 Å². The van der Waals surface area contributed by atoms with Crippen LogP contribution in [0.1, 0.15) is 10.4 Å². The molecular formula is C18H18N4O5S. The lowest BCUT2D eigenvalue weighted by Gasteiger charge is -2.26. The van der Waals surface area contributed by atoms with Gasteiger partial charge in [-0.15, -0.1) is 5.10 Å². The molecule has 4 rings (SSSR count). The number of sulfonamides is 1. The Morgan fingerprint density at radius 3 is 2.57 bits per heavy atom. The van der Waals surface area contributed by atoms with E-state index < -0.39 is 16.0 Å². The van der Waals surface area contributed by atoms with Gasteiger partial charge in [0.1, 0.15) is 0 Å². The molecule has 146 valence electrons. The highest BCUT2D eigenvalue weighted by atomic mass is 32.2. The van der Waals surface area contributed by atoms with Crippen molar-refractivity contribution in [2.24, 2.45) is 0 Å². The fourth-order valence-corrected chi connectivity index (χ4v) is 4.67. The van der Waals surface area contributed by atoms with Crippen LogP contribution in [0.25, 0.3) is 16.6 Å². The number of aromatic nitrogens is 2. The van der Waals surface area contributed by atoms with Crippen molar-refractivity contribution in [2.75, 3.05) is 32.0 Å². The number of rotatable bonds is 4. The summed E-state index contributed by atoms with van der Waals surface area (Å²) in [5.74, 6) is -0.960. The molecule has 1 aromatic heterocycles.